The van der Waals surface area contributed by atoms with Gasteiger partial charge in [-0.1, -0.05) is 13.8 Å². The van der Waals surface area contributed by atoms with Gasteiger partial charge < -0.3 is 15.7 Å². The van der Waals surface area contributed by atoms with Crippen LogP contribution >= 0.6 is 0 Å². The van der Waals surface area contributed by atoms with Gasteiger partial charge in [-0.15, -0.1) is 0 Å². The van der Waals surface area contributed by atoms with E-state index in [0.29, 0.717) is 6.54 Å². The molecule has 3 nitrogen and oxygen atoms in total. The van der Waals surface area contributed by atoms with Gasteiger partial charge in [-0.2, -0.15) is 0 Å². The van der Waals surface area contributed by atoms with Gasteiger partial charge in [0.2, 0.25) is 0 Å². The predicted molar refractivity (Wildman–Crippen MR) is 49.9 cm³/mol. The van der Waals surface area contributed by atoms with E-state index in [4.69, 9.17) is 5.73 Å². The van der Waals surface area contributed by atoms with Crippen LogP contribution in [0.25, 0.3) is 0 Å². The van der Waals surface area contributed by atoms with Crippen LogP contribution in [0.5, 0.6) is 0 Å². The zero-order valence-corrected chi connectivity index (χ0v) is 8.08. The minimum absolute atomic E-state index is 0.112. The standard InChI is InChI=1S/C9H20N2O/c1-9(2,6-10)7-11-4-3-8(12)5-11/h8,12H,3-7,10H2,1-2H3. The summed E-state index contributed by atoms with van der Waals surface area (Å²) in [6, 6.07) is 0. The number of aliphatic hydroxyl groups is 1. The summed E-state index contributed by atoms with van der Waals surface area (Å²) in [6.45, 7) is 7.88. The lowest BCUT2D eigenvalue weighted by Gasteiger charge is -2.28. The average molecular weight is 172 g/mol. The molecular formula is C9H20N2O. The van der Waals surface area contributed by atoms with Crippen molar-refractivity contribution in [1.29, 1.82) is 0 Å². The summed E-state index contributed by atoms with van der Waals surface area (Å²) in [4.78, 5) is 2.29. The van der Waals surface area contributed by atoms with E-state index in [1.165, 1.54) is 0 Å². The predicted octanol–water partition coefficient (Wildman–Crippen LogP) is 0.0379. The van der Waals surface area contributed by atoms with E-state index >= 15 is 0 Å². The Hall–Kier alpha value is -0.120. The molecule has 0 amide bonds. The topological polar surface area (TPSA) is 49.5 Å². The maximum atomic E-state index is 9.30. The summed E-state index contributed by atoms with van der Waals surface area (Å²) >= 11 is 0. The second kappa shape index (κ2) is 3.73. The summed E-state index contributed by atoms with van der Waals surface area (Å²) in [6.07, 6.45) is 0.805. The van der Waals surface area contributed by atoms with Crippen LogP contribution < -0.4 is 5.73 Å². The Morgan fingerprint density at radius 1 is 1.58 bits per heavy atom. The molecular weight excluding hydrogens is 152 g/mol. The normalized spacial score (nSPS) is 26.5. The fourth-order valence-electron chi connectivity index (χ4n) is 1.63. The third-order valence-corrected chi connectivity index (χ3v) is 2.45. The van der Waals surface area contributed by atoms with E-state index in [0.717, 1.165) is 26.1 Å². The van der Waals surface area contributed by atoms with Crippen LogP contribution in [-0.4, -0.2) is 42.3 Å². The zero-order chi connectivity index (χ0) is 9.19. The highest BCUT2D eigenvalue weighted by molar-refractivity contribution is 4.80. The van der Waals surface area contributed by atoms with Crippen molar-refractivity contribution in [2.45, 2.75) is 26.4 Å². The third kappa shape index (κ3) is 2.73. The van der Waals surface area contributed by atoms with Crippen LogP contribution in [0.15, 0.2) is 0 Å². The molecule has 0 spiro atoms. The van der Waals surface area contributed by atoms with E-state index in [2.05, 4.69) is 18.7 Å². The van der Waals surface area contributed by atoms with E-state index in [-0.39, 0.29) is 11.5 Å². The molecule has 0 aromatic rings. The highest BCUT2D eigenvalue weighted by atomic mass is 16.3. The highest BCUT2D eigenvalue weighted by Gasteiger charge is 2.25. The second-order valence-corrected chi connectivity index (χ2v) is 4.55. The van der Waals surface area contributed by atoms with Crippen molar-refractivity contribution in [3.8, 4) is 0 Å². The minimum atomic E-state index is -0.112. The molecule has 1 rings (SSSR count). The van der Waals surface area contributed by atoms with Gasteiger partial charge in [0.15, 0.2) is 0 Å². The molecule has 0 saturated carbocycles. The first-order valence-corrected chi connectivity index (χ1v) is 4.64. The molecule has 1 aliphatic rings. The fourth-order valence-corrected chi connectivity index (χ4v) is 1.63. The number of hydrogen-bond acceptors (Lipinski definition) is 3. The molecule has 0 aromatic carbocycles. The van der Waals surface area contributed by atoms with E-state index in [1.54, 1.807) is 0 Å². The highest BCUT2D eigenvalue weighted by Crippen LogP contribution is 2.18. The minimum Gasteiger partial charge on any atom is -0.392 e. The summed E-state index contributed by atoms with van der Waals surface area (Å²) < 4.78 is 0. The Bertz CT molecular complexity index is 147. The van der Waals surface area contributed by atoms with Gasteiger partial charge in [0.25, 0.3) is 0 Å². The van der Waals surface area contributed by atoms with Crippen LogP contribution in [0, 0.1) is 5.41 Å². The Labute approximate surface area is 74.5 Å². The van der Waals surface area contributed by atoms with Gasteiger partial charge >= 0.3 is 0 Å². The first-order valence-electron chi connectivity index (χ1n) is 4.64. The van der Waals surface area contributed by atoms with Crippen LogP contribution in [-0.2, 0) is 0 Å². The first kappa shape index (κ1) is 9.96. The van der Waals surface area contributed by atoms with Crippen LogP contribution in [0.3, 0.4) is 0 Å². The first-order chi connectivity index (χ1) is 5.53. The van der Waals surface area contributed by atoms with E-state index < -0.39 is 0 Å². The molecule has 1 atom stereocenters. The SMILES string of the molecule is CC(C)(CN)CN1CCC(O)C1. The monoisotopic (exact) mass is 172 g/mol. The molecule has 1 saturated heterocycles. The maximum absolute atomic E-state index is 9.30. The van der Waals surface area contributed by atoms with Gasteiger partial charge in [-0.25, -0.2) is 0 Å². The van der Waals surface area contributed by atoms with Gasteiger partial charge in [0.1, 0.15) is 0 Å². The smallest absolute Gasteiger partial charge is 0.0679 e. The van der Waals surface area contributed by atoms with Crippen molar-refractivity contribution in [2.24, 2.45) is 11.1 Å². The third-order valence-electron chi connectivity index (χ3n) is 2.45. The molecule has 0 aliphatic carbocycles. The number of nitrogens with two attached hydrogens (primary N) is 1. The summed E-state index contributed by atoms with van der Waals surface area (Å²) in [7, 11) is 0. The summed E-state index contributed by atoms with van der Waals surface area (Å²) in [5.41, 5.74) is 5.81. The lowest BCUT2D eigenvalue weighted by Crippen LogP contribution is -2.37. The number of hydrogen-bond donors (Lipinski definition) is 2. The Kier molecular flexibility index (Phi) is 3.09. The molecule has 72 valence electrons. The summed E-state index contributed by atoms with van der Waals surface area (Å²) in [5.74, 6) is 0. The van der Waals surface area contributed by atoms with Crippen molar-refractivity contribution in [2.75, 3.05) is 26.2 Å². The van der Waals surface area contributed by atoms with Crippen molar-refractivity contribution in [3.05, 3.63) is 0 Å². The number of nitrogens with zero attached hydrogens (tertiary/aromatic N) is 1. The summed E-state index contributed by atoms with van der Waals surface area (Å²) in [5, 5.41) is 9.30. The number of aliphatic hydroxyl groups excluding tert-OH is 1. The molecule has 3 N–H and O–H groups in total. The fraction of sp³-hybridized carbons (Fsp3) is 1.00. The zero-order valence-electron chi connectivity index (χ0n) is 8.08. The molecule has 1 aliphatic heterocycles. The Morgan fingerprint density at radius 2 is 2.25 bits per heavy atom. The Morgan fingerprint density at radius 3 is 2.67 bits per heavy atom. The molecule has 3 heteroatoms. The van der Waals surface area contributed by atoms with Crippen molar-refractivity contribution in [1.82, 2.24) is 4.90 Å². The largest absolute Gasteiger partial charge is 0.392 e. The van der Waals surface area contributed by atoms with Gasteiger partial charge in [0.05, 0.1) is 6.10 Å². The van der Waals surface area contributed by atoms with Gasteiger partial charge in [-0.3, -0.25) is 0 Å². The molecule has 0 bridgehead atoms. The molecule has 1 fully saturated rings. The van der Waals surface area contributed by atoms with Crippen molar-refractivity contribution >= 4 is 0 Å². The van der Waals surface area contributed by atoms with Crippen molar-refractivity contribution < 1.29 is 5.11 Å². The van der Waals surface area contributed by atoms with Gasteiger partial charge in [0, 0.05) is 19.6 Å². The lowest BCUT2D eigenvalue weighted by molar-refractivity contribution is 0.157. The average Bonchev–Trinajstić information content (AvgIpc) is 2.35. The molecule has 12 heavy (non-hydrogen) atoms. The van der Waals surface area contributed by atoms with Crippen LogP contribution in [0.4, 0.5) is 0 Å². The van der Waals surface area contributed by atoms with Crippen molar-refractivity contribution in [3.63, 3.8) is 0 Å². The molecule has 0 aromatic heterocycles. The lowest BCUT2D eigenvalue weighted by atomic mass is 9.93. The second-order valence-electron chi connectivity index (χ2n) is 4.55. The number of likely N-dealkylation sites (tertiary alicyclic amines) is 1. The van der Waals surface area contributed by atoms with Gasteiger partial charge in [-0.05, 0) is 18.4 Å². The quantitative estimate of drug-likeness (QED) is 0.632. The van der Waals surface area contributed by atoms with Crippen LogP contribution in [0.2, 0.25) is 0 Å². The molecule has 1 unspecified atom stereocenters. The molecule has 0 radical (unpaired) electrons. The van der Waals surface area contributed by atoms with E-state index in [1.807, 2.05) is 0 Å². The van der Waals surface area contributed by atoms with E-state index in [9.17, 15) is 5.11 Å². The Balaban J connectivity index is 2.32. The number of rotatable bonds is 3. The van der Waals surface area contributed by atoms with Crippen LogP contribution in [0.1, 0.15) is 20.3 Å². The maximum Gasteiger partial charge on any atom is 0.0679 e. The molecule has 1 heterocycles. The number of β-amino-alcohol motifs (C(OH)–C–C–N with tert-alkyl or cyclic N) is 1.